The first-order chi connectivity index (χ1) is 22.6. The van der Waals surface area contributed by atoms with Crippen LogP contribution in [0.2, 0.25) is 0 Å². The van der Waals surface area contributed by atoms with Crippen molar-refractivity contribution < 1.29 is 66.4 Å². The quantitative estimate of drug-likeness (QED) is 0.0539. The van der Waals surface area contributed by atoms with Crippen LogP contribution in [0.25, 0.3) is 0 Å². The van der Waals surface area contributed by atoms with Gasteiger partial charge in [0.1, 0.15) is 13.2 Å². The lowest BCUT2D eigenvalue weighted by atomic mass is 10.2. The molecule has 272 valence electrons. The van der Waals surface area contributed by atoms with E-state index in [4.69, 9.17) is 56.8 Å². The number of carbonyl (C=O) groups excluding carboxylic acids is 2. The van der Waals surface area contributed by atoms with Crippen LogP contribution in [-0.2, 0) is 66.4 Å². The summed E-state index contributed by atoms with van der Waals surface area (Å²) in [5, 5.41) is 0. The molecule has 0 unspecified atom stereocenters. The van der Waals surface area contributed by atoms with Crippen LogP contribution >= 0.6 is 0 Å². The van der Waals surface area contributed by atoms with Gasteiger partial charge in [0.25, 0.3) is 0 Å². The van der Waals surface area contributed by atoms with Gasteiger partial charge in [-0.15, -0.1) is 0 Å². The summed E-state index contributed by atoms with van der Waals surface area (Å²) < 4.78 is 64.2. The van der Waals surface area contributed by atoms with E-state index in [1.165, 1.54) is 0 Å². The Labute approximate surface area is 275 Å². The normalized spacial score (nSPS) is 11.2. The SMILES string of the molecule is C=C(C)C(=O)OCCOCCOCCOCCOCCOCCOCCOCCOCCOCCOCCOC(=O)CCCCC. The Bertz CT molecular complexity index is 679. The van der Waals surface area contributed by atoms with Crippen molar-refractivity contribution in [2.24, 2.45) is 0 Å². The number of hydrogen-bond acceptors (Lipinski definition) is 14. The summed E-state index contributed by atoms with van der Waals surface area (Å²) in [5.41, 5.74) is 0.367. The molecule has 0 aromatic carbocycles. The van der Waals surface area contributed by atoms with Gasteiger partial charge in [-0.2, -0.15) is 0 Å². The average molecular weight is 669 g/mol. The summed E-state index contributed by atoms with van der Waals surface area (Å²) in [5.74, 6) is -0.579. The van der Waals surface area contributed by atoms with Crippen LogP contribution < -0.4 is 0 Å². The second kappa shape index (κ2) is 37.7. The van der Waals surface area contributed by atoms with Crippen LogP contribution in [0, 0.1) is 0 Å². The highest BCUT2D eigenvalue weighted by atomic mass is 16.6. The molecule has 0 heterocycles. The van der Waals surface area contributed by atoms with E-state index < -0.39 is 5.97 Å². The molecule has 0 saturated carbocycles. The lowest BCUT2D eigenvalue weighted by Gasteiger charge is -2.09. The number of esters is 2. The minimum atomic E-state index is -0.415. The third kappa shape index (κ3) is 36.7. The Kier molecular flexibility index (Phi) is 36.3. The van der Waals surface area contributed by atoms with E-state index in [1.807, 2.05) is 0 Å². The molecule has 0 spiro atoms. The van der Waals surface area contributed by atoms with E-state index in [2.05, 4.69) is 13.5 Å². The maximum atomic E-state index is 11.5. The zero-order chi connectivity index (χ0) is 33.6. The fraction of sp³-hybridized carbons (Fsp3) is 0.875. The first-order valence-electron chi connectivity index (χ1n) is 16.3. The van der Waals surface area contributed by atoms with Gasteiger partial charge in [0.2, 0.25) is 0 Å². The van der Waals surface area contributed by atoms with Gasteiger partial charge in [-0.1, -0.05) is 26.3 Å². The summed E-state index contributed by atoms with van der Waals surface area (Å²) in [6.45, 7) is 16.9. The van der Waals surface area contributed by atoms with E-state index in [0.29, 0.717) is 144 Å². The minimum absolute atomic E-state index is 0.164. The molecule has 14 heteroatoms. The molecule has 0 aliphatic rings. The molecular formula is C32H60O14. The van der Waals surface area contributed by atoms with Crippen molar-refractivity contribution in [1.29, 1.82) is 0 Å². The molecule has 46 heavy (non-hydrogen) atoms. The molecule has 0 amide bonds. The fourth-order valence-electron chi connectivity index (χ4n) is 3.20. The van der Waals surface area contributed by atoms with Gasteiger partial charge < -0.3 is 56.8 Å². The number of unbranched alkanes of at least 4 members (excludes halogenated alkanes) is 2. The molecule has 0 bridgehead atoms. The molecule has 0 saturated heterocycles. The molecule has 0 fully saturated rings. The van der Waals surface area contributed by atoms with Crippen molar-refractivity contribution >= 4 is 11.9 Å². The van der Waals surface area contributed by atoms with E-state index in [9.17, 15) is 9.59 Å². The van der Waals surface area contributed by atoms with E-state index in [1.54, 1.807) is 6.92 Å². The maximum absolute atomic E-state index is 11.5. The zero-order valence-electron chi connectivity index (χ0n) is 28.3. The summed E-state index contributed by atoms with van der Waals surface area (Å²) in [7, 11) is 0. The van der Waals surface area contributed by atoms with Gasteiger partial charge >= 0.3 is 11.9 Å². The molecule has 0 aliphatic carbocycles. The van der Waals surface area contributed by atoms with E-state index in [-0.39, 0.29) is 19.2 Å². The molecule has 0 atom stereocenters. The number of rotatable bonds is 38. The molecule has 0 rings (SSSR count). The van der Waals surface area contributed by atoms with Gasteiger partial charge in [0.15, 0.2) is 0 Å². The van der Waals surface area contributed by atoms with Crippen LogP contribution in [0.3, 0.4) is 0 Å². The monoisotopic (exact) mass is 668 g/mol. The summed E-state index contributed by atoms with van der Waals surface area (Å²) in [6, 6.07) is 0. The van der Waals surface area contributed by atoms with Crippen LogP contribution in [0.5, 0.6) is 0 Å². The van der Waals surface area contributed by atoms with Gasteiger partial charge in [-0.25, -0.2) is 4.79 Å². The Balaban J connectivity index is 3.10. The maximum Gasteiger partial charge on any atom is 0.333 e. The average Bonchev–Trinajstić information content (AvgIpc) is 3.04. The molecule has 0 radical (unpaired) electrons. The topological polar surface area (TPSA) is 145 Å². The first kappa shape index (κ1) is 44.3. The van der Waals surface area contributed by atoms with Crippen molar-refractivity contribution in [1.82, 2.24) is 0 Å². The van der Waals surface area contributed by atoms with Crippen molar-refractivity contribution in [3.63, 3.8) is 0 Å². The number of ether oxygens (including phenoxy) is 12. The van der Waals surface area contributed by atoms with E-state index >= 15 is 0 Å². The van der Waals surface area contributed by atoms with Crippen LogP contribution in [0.15, 0.2) is 12.2 Å². The van der Waals surface area contributed by atoms with Gasteiger partial charge in [-0.05, 0) is 13.3 Å². The van der Waals surface area contributed by atoms with Crippen molar-refractivity contribution in [3.8, 4) is 0 Å². The molecule has 14 nitrogen and oxygen atoms in total. The predicted octanol–water partition coefficient (Wildman–Crippen LogP) is 2.40. The third-order valence-corrected chi connectivity index (χ3v) is 5.63. The van der Waals surface area contributed by atoms with E-state index in [0.717, 1.165) is 19.3 Å². The summed E-state index contributed by atoms with van der Waals surface area (Å²) >= 11 is 0. The van der Waals surface area contributed by atoms with Crippen molar-refractivity contribution in [2.45, 2.75) is 39.5 Å². The zero-order valence-corrected chi connectivity index (χ0v) is 28.3. The molecule has 0 aromatic heterocycles. The predicted molar refractivity (Wildman–Crippen MR) is 169 cm³/mol. The lowest BCUT2D eigenvalue weighted by Crippen LogP contribution is -2.16. The van der Waals surface area contributed by atoms with Crippen molar-refractivity contribution in [2.75, 3.05) is 145 Å². The Morgan fingerprint density at radius 3 is 0.935 bits per heavy atom. The Morgan fingerprint density at radius 2 is 0.674 bits per heavy atom. The largest absolute Gasteiger partial charge is 0.463 e. The number of carbonyl (C=O) groups is 2. The summed E-state index contributed by atoms with van der Waals surface area (Å²) in [4.78, 5) is 22.6. The highest BCUT2D eigenvalue weighted by Gasteiger charge is 2.03. The van der Waals surface area contributed by atoms with Crippen LogP contribution in [0.4, 0.5) is 0 Å². The van der Waals surface area contributed by atoms with Gasteiger partial charge in [-0.3, -0.25) is 4.79 Å². The Morgan fingerprint density at radius 1 is 0.413 bits per heavy atom. The number of hydrogen-bond donors (Lipinski definition) is 0. The molecule has 0 N–H and O–H groups in total. The second-order valence-corrected chi connectivity index (χ2v) is 9.72. The smallest absolute Gasteiger partial charge is 0.333 e. The van der Waals surface area contributed by atoms with Crippen molar-refractivity contribution in [3.05, 3.63) is 12.2 Å². The molecule has 0 aromatic rings. The fourth-order valence-corrected chi connectivity index (χ4v) is 3.20. The van der Waals surface area contributed by atoms with Gasteiger partial charge in [0, 0.05) is 12.0 Å². The highest BCUT2D eigenvalue weighted by molar-refractivity contribution is 5.86. The second-order valence-electron chi connectivity index (χ2n) is 9.72. The molecular weight excluding hydrogens is 608 g/mol. The first-order valence-corrected chi connectivity index (χ1v) is 16.3. The molecule has 0 aliphatic heterocycles. The van der Waals surface area contributed by atoms with Crippen LogP contribution in [0.1, 0.15) is 39.5 Å². The standard InChI is InChI=1S/C32H60O14/c1-4-5-6-7-31(33)45-28-26-43-24-22-41-20-18-39-16-14-37-12-10-35-8-9-36-11-13-38-15-17-40-19-21-42-23-25-44-27-29-46-32(34)30(2)3/h2,4-29H2,1,3H3. The van der Waals surface area contributed by atoms with Gasteiger partial charge in [0.05, 0.1) is 132 Å². The third-order valence-electron chi connectivity index (χ3n) is 5.63. The Hall–Kier alpha value is -1.72. The summed E-state index contributed by atoms with van der Waals surface area (Å²) in [6.07, 6.45) is 3.48. The van der Waals surface area contributed by atoms with Crippen LogP contribution in [-0.4, -0.2) is 157 Å². The lowest BCUT2D eigenvalue weighted by molar-refractivity contribution is -0.145. The minimum Gasteiger partial charge on any atom is -0.463 e. The highest BCUT2D eigenvalue weighted by Crippen LogP contribution is 2.00.